The van der Waals surface area contributed by atoms with Gasteiger partial charge >= 0.3 is 11.9 Å². The van der Waals surface area contributed by atoms with Crippen molar-refractivity contribution in [3.63, 3.8) is 0 Å². The largest absolute Gasteiger partial charge is 0.756 e. The van der Waals surface area contributed by atoms with Crippen LogP contribution in [0, 0.1) is 0 Å². The second-order valence-corrected chi connectivity index (χ2v) is 28.8. The van der Waals surface area contributed by atoms with Crippen molar-refractivity contribution in [1.29, 1.82) is 0 Å². The van der Waals surface area contributed by atoms with E-state index < -0.39 is 26.5 Å². The standard InChI is InChI=1S/C79H148NO8P/c1-6-8-10-12-14-16-18-20-22-24-26-28-30-32-34-36-38-39-40-41-42-44-46-48-50-52-54-56-58-60-62-64-66-68-70-72-79(82)88-77(76-87-89(83,84)86-74-73-80(3,4)5)75-85-78(81)71-69-67-65-63-61-59-57-55-53-51-49-47-45-43-37-35-33-31-29-27-25-23-21-19-17-15-13-11-9-7-2/h8,10,14,16,20,22,26,28,32,34,77H,6-7,9,11-13,15,17-19,21,23-25,27,29-31,33,35-76H2,1-5H3/b10-8-,16-14-,22-20-,28-26-,34-32-. The Balaban J connectivity index is 3.94. The summed E-state index contributed by atoms with van der Waals surface area (Å²) in [5, 5.41) is 0. The zero-order valence-corrected chi connectivity index (χ0v) is 60.5. The molecule has 2 unspecified atom stereocenters. The van der Waals surface area contributed by atoms with Crippen LogP contribution in [0.25, 0.3) is 0 Å². The number of nitrogens with zero attached hydrogens (tertiary/aromatic N) is 1. The van der Waals surface area contributed by atoms with E-state index in [0.29, 0.717) is 17.4 Å². The molecule has 0 amide bonds. The van der Waals surface area contributed by atoms with Gasteiger partial charge in [-0.25, -0.2) is 0 Å². The molecular formula is C79H148NO8P. The minimum Gasteiger partial charge on any atom is -0.756 e. The molecule has 0 aliphatic carbocycles. The average molecular weight is 1270 g/mol. The molecule has 0 radical (unpaired) electrons. The van der Waals surface area contributed by atoms with Crippen LogP contribution in [0.5, 0.6) is 0 Å². The summed E-state index contributed by atoms with van der Waals surface area (Å²) < 4.78 is 34.4. The van der Waals surface area contributed by atoms with E-state index in [4.69, 9.17) is 18.5 Å². The highest BCUT2D eigenvalue weighted by atomic mass is 31.2. The first-order chi connectivity index (χ1) is 43.5. The van der Waals surface area contributed by atoms with E-state index in [-0.39, 0.29) is 32.0 Å². The van der Waals surface area contributed by atoms with Crippen LogP contribution in [0.15, 0.2) is 60.8 Å². The molecule has 0 saturated heterocycles. The molecule has 0 aliphatic heterocycles. The van der Waals surface area contributed by atoms with Gasteiger partial charge in [-0.2, -0.15) is 0 Å². The Morgan fingerprint density at radius 3 is 0.955 bits per heavy atom. The normalized spacial score (nSPS) is 13.4. The Morgan fingerprint density at radius 1 is 0.360 bits per heavy atom. The predicted octanol–water partition coefficient (Wildman–Crippen LogP) is 24.7. The smallest absolute Gasteiger partial charge is 0.306 e. The van der Waals surface area contributed by atoms with Gasteiger partial charge in [0.2, 0.25) is 0 Å². The first-order valence-electron chi connectivity index (χ1n) is 38.5. The van der Waals surface area contributed by atoms with Crippen LogP contribution in [-0.2, 0) is 32.7 Å². The maximum Gasteiger partial charge on any atom is 0.306 e. The summed E-state index contributed by atoms with van der Waals surface area (Å²) in [6.45, 7) is 4.20. The minimum absolute atomic E-state index is 0.0285. The molecule has 0 saturated carbocycles. The summed E-state index contributed by atoms with van der Waals surface area (Å²) in [7, 11) is 1.19. The van der Waals surface area contributed by atoms with Gasteiger partial charge < -0.3 is 27.9 Å². The fraction of sp³-hybridized carbons (Fsp3) is 0.848. The van der Waals surface area contributed by atoms with E-state index in [0.717, 1.165) is 64.2 Å². The van der Waals surface area contributed by atoms with E-state index in [1.165, 1.54) is 283 Å². The monoisotopic (exact) mass is 1270 g/mol. The summed E-state index contributed by atoms with van der Waals surface area (Å²) in [6.07, 6.45) is 93.3. The number of hydrogen-bond acceptors (Lipinski definition) is 8. The third-order valence-electron chi connectivity index (χ3n) is 17.3. The van der Waals surface area contributed by atoms with Crippen LogP contribution in [0.1, 0.15) is 380 Å². The fourth-order valence-corrected chi connectivity index (χ4v) is 12.2. The molecule has 0 aliphatic rings. The summed E-state index contributed by atoms with van der Waals surface area (Å²) in [5.74, 6) is -0.811. The number of hydrogen-bond donors (Lipinski definition) is 0. The molecule has 10 heteroatoms. The van der Waals surface area contributed by atoms with Crippen LogP contribution < -0.4 is 4.89 Å². The maximum atomic E-state index is 12.9. The Morgan fingerprint density at radius 2 is 0.640 bits per heavy atom. The number of ether oxygens (including phenoxy) is 2. The topological polar surface area (TPSA) is 111 Å². The van der Waals surface area contributed by atoms with Crippen molar-refractivity contribution in [1.82, 2.24) is 0 Å². The van der Waals surface area contributed by atoms with Gasteiger partial charge in [-0.3, -0.25) is 14.2 Å². The predicted molar refractivity (Wildman–Crippen MR) is 383 cm³/mol. The van der Waals surface area contributed by atoms with Crippen molar-refractivity contribution in [2.45, 2.75) is 386 Å². The highest BCUT2D eigenvalue weighted by Crippen LogP contribution is 2.38. The van der Waals surface area contributed by atoms with Crippen LogP contribution in [0.3, 0.4) is 0 Å². The molecule has 522 valence electrons. The van der Waals surface area contributed by atoms with E-state index in [1.807, 2.05) is 21.1 Å². The molecule has 0 bridgehead atoms. The fourth-order valence-electron chi connectivity index (χ4n) is 11.5. The lowest BCUT2D eigenvalue weighted by Gasteiger charge is -2.28. The maximum absolute atomic E-state index is 12.9. The first-order valence-corrected chi connectivity index (χ1v) is 40.0. The summed E-state index contributed by atoms with van der Waals surface area (Å²) in [5.41, 5.74) is 0. The lowest BCUT2D eigenvalue weighted by molar-refractivity contribution is -0.870. The molecule has 0 rings (SSSR count). The highest BCUT2D eigenvalue weighted by molar-refractivity contribution is 7.45. The quantitative estimate of drug-likeness (QED) is 0.0195. The molecule has 89 heavy (non-hydrogen) atoms. The van der Waals surface area contributed by atoms with Crippen molar-refractivity contribution < 1.29 is 42.1 Å². The van der Waals surface area contributed by atoms with E-state index in [2.05, 4.69) is 74.6 Å². The number of phosphoric ester groups is 1. The number of likely N-dealkylation sites (N-methyl/N-ethyl adjacent to an activating group) is 1. The first kappa shape index (κ1) is 86.7. The molecule has 0 fully saturated rings. The second-order valence-electron chi connectivity index (χ2n) is 27.4. The average Bonchev–Trinajstić information content (AvgIpc) is 3.60. The molecule has 0 aromatic heterocycles. The van der Waals surface area contributed by atoms with Gasteiger partial charge in [0.25, 0.3) is 7.82 Å². The van der Waals surface area contributed by atoms with Crippen LogP contribution >= 0.6 is 7.82 Å². The molecule has 0 N–H and O–H groups in total. The van der Waals surface area contributed by atoms with Gasteiger partial charge in [-0.1, -0.05) is 370 Å². The number of allylic oxidation sites excluding steroid dienone is 10. The molecule has 0 aromatic carbocycles. The number of carbonyl (C=O) groups is 2. The number of carbonyl (C=O) groups excluding carboxylic acids is 2. The molecule has 0 spiro atoms. The Hall–Kier alpha value is -2.29. The molecule has 2 atom stereocenters. The molecule has 0 aromatic rings. The van der Waals surface area contributed by atoms with E-state index >= 15 is 0 Å². The van der Waals surface area contributed by atoms with Crippen LogP contribution in [0.4, 0.5) is 0 Å². The molecule has 9 nitrogen and oxygen atoms in total. The third-order valence-corrected chi connectivity index (χ3v) is 18.3. The number of rotatable bonds is 72. The molecular weight excluding hydrogens is 1120 g/mol. The zero-order valence-electron chi connectivity index (χ0n) is 59.6. The second kappa shape index (κ2) is 70.0. The molecule has 0 heterocycles. The van der Waals surface area contributed by atoms with Gasteiger partial charge in [-0.15, -0.1) is 0 Å². The van der Waals surface area contributed by atoms with Crippen molar-refractivity contribution >= 4 is 19.8 Å². The van der Waals surface area contributed by atoms with Gasteiger partial charge in [-0.05, 0) is 57.8 Å². The lowest BCUT2D eigenvalue weighted by Crippen LogP contribution is -2.37. The minimum atomic E-state index is -4.64. The van der Waals surface area contributed by atoms with Gasteiger partial charge in [0, 0.05) is 12.8 Å². The number of esters is 2. The third kappa shape index (κ3) is 74.6. The number of phosphoric acid groups is 1. The summed E-state index contributed by atoms with van der Waals surface area (Å²) in [6, 6.07) is 0. The Labute approximate surface area is 553 Å². The van der Waals surface area contributed by atoms with Crippen molar-refractivity contribution in [3.05, 3.63) is 60.8 Å². The van der Waals surface area contributed by atoms with Gasteiger partial charge in [0.05, 0.1) is 27.7 Å². The number of quaternary nitrogens is 1. The van der Waals surface area contributed by atoms with E-state index in [9.17, 15) is 19.0 Å². The van der Waals surface area contributed by atoms with Gasteiger partial charge in [0.15, 0.2) is 6.10 Å². The van der Waals surface area contributed by atoms with Crippen LogP contribution in [0.2, 0.25) is 0 Å². The Kier molecular flexibility index (Phi) is 68.2. The highest BCUT2D eigenvalue weighted by Gasteiger charge is 2.22. The van der Waals surface area contributed by atoms with Crippen LogP contribution in [-0.4, -0.2) is 70.0 Å². The SMILES string of the molecule is CC/C=C\C/C=C\C/C=C\C/C=C\C/C=C\CCCCCCCCCCCCCCCCCCCCCC(=O)OC(COC(=O)CCCCCCCCCCCCCCCCCCCCCCCCCCCCCCCC)COP(=O)([O-])OCC[N+](C)(C)C. The van der Waals surface area contributed by atoms with E-state index in [1.54, 1.807) is 0 Å². The van der Waals surface area contributed by atoms with Crippen molar-refractivity contribution in [2.24, 2.45) is 0 Å². The Bertz CT molecular complexity index is 1690. The van der Waals surface area contributed by atoms with Crippen molar-refractivity contribution in [2.75, 3.05) is 47.5 Å². The van der Waals surface area contributed by atoms with Gasteiger partial charge in [0.1, 0.15) is 19.8 Å². The summed E-state index contributed by atoms with van der Waals surface area (Å²) in [4.78, 5) is 38.1. The lowest BCUT2D eigenvalue weighted by atomic mass is 10.0. The summed E-state index contributed by atoms with van der Waals surface area (Å²) >= 11 is 0. The zero-order chi connectivity index (χ0) is 64.8. The number of unbranched alkanes of at least 4 members (excludes halogenated alkanes) is 48. The van der Waals surface area contributed by atoms with Crippen molar-refractivity contribution in [3.8, 4) is 0 Å².